The molecular weight excluding hydrogens is 360 g/mol. The maximum Gasteiger partial charge on any atom is 0.276 e. The predicted octanol–water partition coefficient (Wildman–Crippen LogP) is 0.762. The highest BCUT2D eigenvalue weighted by Gasteiger charge is 2.04. The molecule has 0 aliphatic heterocycles. The second-order valence-corrected chi connectivity index (χ2v) is 6.83. The number of amides is 1. The van der Waals surface area contributed by atoms with Crippen LogP contribution in [0, 0.1) is 0 Å². The van der Waals surface area contributed by atoms with Crippen molar-refractivity contribution < 1.29 is 14.4 Å². The third kappa shape index (κ3) is 8.06. The van der Waals surface area contributed by atoms with Gasteiger partial charge in [0.25, 0.3) is 5.91 Å². The normalized spacial score (nSPS) is 10.3. The Morgan fingerprint density at radius 2 is 1.67 bits per heavy atom. The standard InChI is InChI=1S/C20H26N4O2S/c1-24(2)14-6-13-21-20(27)23-22-19(25)15-26-18-11-9-17(10-12-18)16-7-4-3-5-8-16/h3-5,7-12H,6,13-15H2,1-2H3,(H,22,25)(H2,21,23,27)/p+1. The molecule has 0 bridgehead atoms. The molecule has 2 aromatic rings. The fourth-order valence-corrected chi connectivity index (χ4v) is 2.53. The van der Waals surface area contributed by atoms with Crippen molar-refractivity contribution in [3.05, 3.63) is 54.6 Å². The molecule has 0 saturated carbocycles. The van der Waals surface area contributed by atoms with Crippen LogP contribution in [0.3, 0.4) is 0 Å². The Morgan fingerprint density at radius 3 is 2.33 bits per heavy atom. The van der Waals surface area contributed by atoms with Crippen molar-refractivity contribution in [3.8, 4) is 16.9 Å². The van der Waals surface area contributed by atoms with Gasteiger partial charge in [-0.3, -0.25) is 15.6 Å². The number of hydrogen-bond donors (Lipinski definition) is 4. The maximum absolute atomic E-state index is 11.8. The molecule has 0 aliphatic carbocycles. The molecule has 0 saturated heterocycles. The van der Waals surface area contributed by atoms with E-state index in [1.54, 1.807) is 0 Å². The Balaban J connectivity index is 1.66. The third-order valence-corrected chi connectivity index (χ3v) is 4.03. The van der Waals surface area contributed by atoms with Crippen molar-refractivity contribution in [1.29, 1.82) is 0 Å². The van der Waals surface area contributed by atoms with Gasteiger partial charge in [0.1, 0.15) is 5.75 Å². The Bertz CT molecular complexity index is 721. The highest BCUT2D eigenvalue weighted by Crippen LogP contribution is 2.21. The van der Waals surface area contributed by atoms with E-state index in [0.717, 1.165) is 30.6 Å². The summed E-state index contributed by atoms with van der Waals surface area (Å²) in [7, 11) is 4.21. The minimum absolute atomic E-state index is 0.0930. The van der Waals surface area contributed by atoms with E-state index in [1.165, 1.54) is 4.90 Å². The Morgan fingerprint density at radius 1 is 1.00 bits per heavy atom. The van der Waals surface area contributed by atoms with E-state index in [4.69, 9.17) is 17.0 Å². The van der Waals surface area contributed by atoms with Crippen LogP contribution in [0.5, 0.6) is 5.75 Å². The summed E-state index contributed by atoms with van der Waals surface area (Å²) in [5.41, 5.74) is 7.42. The summed E-state index contributed by atoms with van der Waals surface area (Å²) < 4.78 is 5.50. The average molecular weight is 388 g/mol. The van der Waals surface area contributed by atoms with Gasteiger partial charge < -0.3 is 15.0 Å². The highest BCUT2D eigenvalue weighted by atomic mass is 32.1. The van der Waals surface area contributed by atoms with Gasteiger partial charge in [-0.15, -0.1) is 0 Å². The molecule has 4 N–H and O–H groups in total. The fourth-order valence-electron chi connectivity index (χ4n) is 2.37. The van der Waals surface area contributed by atoms with Crippen molar-refractivity contribution >= 4 is 23.2 Å². The minimum atomic E-state index is -0.302. The Kier molecular flexibility index (Phi) is 8.54. The molecule has 0 radical (unpaired) electrons. The Hall–Kier alpha value is -2.64. The number of hydrazine groups is 1. The topological polar surface area (TPSA) is 66.8 Å². The van der Waals surface area contributed by atoms with Crippen LogP contribution in [0.1, 0.15) is 6.42 Å². The molecule has 7 heteroatoms. The van der Waals surface area contributed by atoms with Gasteiger partial charge in [0, 0.05) is 13.0 Å². The zero-order valence-electron chi connectivity index (χ0n) is 15.7. The zero-order chi connectivity index (χ0) is 19.5. The first-order valence-electron chi connectivity index (χ1n) is 8.94. The molecule has 6 nitrogen and oxygen atoms in total. The number of nitrogens with one attached hydrogen (secondary N) is 4. The molecule has 2 rings (SSSR count). The summed E-state index contributed by atoms with van der Waals surface area (Å²) in [4.78, 5) is 13.2. The number of carbonyl (C=O) groups is 1. The highest BCUT2D eigenvalue weighted by molar-refractivity contribution is 7.80. The lowest BCUT2D eigenvalue weighted by molar-refractivity contribution is -0.858. The van der Waals surface area contributed by atoms with Gasteiger partial charge in [-0.25, -0.2) is 0 Å². The molecule has 144 valence electrons. The molecule has 27 heavy (non-hydrogen) atoms. The zero-order valence-corrected chi connectivity index (χ0v) is 16.6. The van der Waals surface area contributed by atoms with Crippen LogP contribution in [0.15, 0.2) is 54.6 Å². The van der Waals surface area contributed by atoms with Gasteiger partial charge in [-0.05, 0) is 35.5 Å². The molecule has 0 aromatic heterocycles. The minimum Gasteiger partial charge on any atom is -0.484 e. The summed E-state index contributed by atoms with van der Waals surface area (Å²) >= 11 is 5.11. The van der Waals surface area contributed by atoms with Crippen molar-refractivity contribution in [1.82, 2.24) is 16.2 Å². The number of carbonyl (C=O) groups excluding carboxylic acids is 1. The van der Waals surface area contributed by atoms with Gasteiger partial charge in [-0.2, -0.15) is 0 Å². The van der Waals surface area contributed by atoms with Crippen molar-refractivity contribution in [2.45, 2.75) is 6.42 Å². The molecule has 0 aliphatic rings. The quantitative estimate of drug-likeness (QED) is 0.306. The molecule has 1 amide bonds. The smallest absolute Gasteiger partial charge is 0.276 e. The van der Waals surface area contributed by atoms with E-state index in [-0.39, 0.29) is 12.5 Å². The van der Waals surface area contributed by atoms with Crippen molar-refractivity contribution in [2.24, 2.45) is 0 Å². The molecule has 0 spiro atoms. The first kappa shape index (κ1) is 20.7. The summed E-state index contributed by atoms with van der Waals surface area (Å²) in [5.74, 6) is 0.334. The van der Waals surface area contributed by atoms with Crippen molar-refractivity contribution in [3.63, 3.8) is 0 Å². The lowest BCUT2D eigenvalue weighted by atomic mass is 10.1. The number of ether oxygens (including phenoxy) is 1. The van der Waals surface area contributed by atoms with Gasteiger partial charge in [0.05, 0.1) is 20.6 Å². The van der Waals surface area contributed by atoms with E-state index in [2.05, 4.69) is 30.3 Å². The van der Waals surface area contributed by atoms with E-state index in [1.807, 2.05) is 54.6 Å². The molecule has 0 unspecified atom stereocenters. The summed E-state index contributed by atoms with van der Waals surface area (Å²) in [5, 5.41) is 3.43. The van der Waals surface area contributed by atoms with Crippen molar-refractivity contribution in [2.75, 3.05) is 33.8 Å². The third-order valence-electron chi connectivity index (χ3n) is 3.79. The second kappa shape index (κ2) is 11.2. The SMILES string of the molecule is C[NH+](C)CCCNC(=S)NNC(=O)COc1ccc(-c2ccccc2)cc1. The van der Waals surface area contributed by atoms with Crippen LogP contribution >= 0.6 is 12.2 Å². The summed E-state index contributed by atoms with van der Waals surface area (Å²) in [6.07, 6.45) is 1.00. The molecule has 0 fully saturated rings. The van der Waals surface area contributed by atoms with Crippen LogP contribution in [0.25, 0.3) is 11.1 Å². The summed E-state index contributed by atoms with van der Waals surface area (Å²) in [6, 6.07) is 17.7. The number of thiocarbonyl (C=S) groups is 1. The lowest BCUT2D eigenvalue weighted by Crippen LogP contribution is -3.05. The average Bonchev–Trinajstić information content (AvgIpc) is 2.69. The van der Waals surface area contributed by atoms with Gasteiger partial charge >= 0.3 is 0 Å². The number of rotatable bonds is 8. The maximum atomic E-state index is 11.8. The van der Waals surface area contributed by atoms with Gasteiger partial charge in [-0.1, -0.05) is 42.5 Å². The predicted molar refractivity (Wildman–Crippen MR) is 112 cm³/mol. The van der Waals surface area contributed by atoms with E-state index >= 15 is 0 Å². The number of hydrogen-bond acceptors (Lipinski definition) is 3. The van der Waals surface area contributed by atoms with E-state index in [0.29, 0.717) is 10.9 Å². The summed E-state index contributed by atoms with van der Waals surface area (Å²) in [6.45, 7) is 1.72. The lowest BCUT2D eigenvalue weighted by Gasteiger charge is -2.13. The first-order valence-corrected chi connectivity index (χ1v) is 9.35. The molecular formula is C20H27N4O2S+. The fraction of sp³-hybridized carbons (Fsp3) is 0.300. The Labute approximate surface area is 165 Å². The second-order valence-electron chi connectivity index (χ2n) is 6.42. The number of benzene rings is 2. The molecule has 0 atom stereocenters. The first-order chi connectivity index (χ1) is 13.0. The van der Waals surface area contributed by atoms with Crippen LogP contribution in [-0.4, -0.2) is 44.8 Å². The van der Waals surface area contributed by atoms with Gasteiger partial charge in [0.15, 0.2) is 11.7 Å². The van der Waals surface area contributed by atoms with Gasteiger partial charge in [0.2, 0.25) is 0 Å². The van der Waals surface area contributed by atoms with Crippen LogP contribution < -0.4 is 25.8 Å². The monoisotopic (exact) mass is 387 g/mol. The number of quaternary nitrogens is 1. The van der Waals surface area contributed by atoms with E-state index < -0.39 is 0 Å². The molecule has 2 aromatic carbocycles. The largest absolute Gasteiger partial charge is 0.484 e. The van der Waals surface area contributed by atoms with Crippen LogP contribution in [0.4, 0.5) is 0 Å². The van der Waals surface area contributed by atoms with Crippen LogP contribution in [0.2, 0.25) is 0 Å². The molecule has 0 heterocycles. The van der Waals surface area contributed by atoms with Crippen LogP contribution in [-0.2, 0) is 4.79 Å². The van der Waals surface area contributed by atoms with E-state index in [9.17, 15) is 4.79 Å².